The van der Waals surface area contributed by atoms with Crippen molar-refractivity contribution < 1.29 is 9.52 Å². The van der Waals surface area contributed by atoms with Crippen LogP contribution in [0.25, 0.3) is 28.2 Å². The highest BCUT2D eigenvalue weighted by Crippen LogP contribution is 2.33. The summed E-state index contributed by atoms with van der Waals surface area (Å²) >= 11 is 0. The molecule has 0 amide bonds. The van der Waals surface area contributed by atoms with Crippen LogP contribution in [0.5, 0.6) is 5.75 Å². The van der Waals surface area contributed by atoms with Crippen molar-refractivity contribution in [3.8, 4) is 22.9 Å². The maximum atomic E-state index is 10.4. The Balaban J connectivity index is 1.77. The first-order chi connectivity index (χ1) is 11.6. The fraction of sp³-hybridized carbons (Fsp3) is 0.150. The minimum atomic E-state index is 0.150. The molecule has 0 saturated heterocycles. The first kappa shape index (κ1) is 14.6. The third-order valence-electron chi connectivity index (χ3n) is 4.19. The molecule has 4 heteroatoms. The zero-order chi connectivity index (χ0) is 16.7. The molecule has 4 rings (SSSR count). The average molecular weight is 318 g/mol. The van der Waals surface area contributed by atoms with Gasteiger partial charge in [-0.2, -0.15) is 0 Å². The molecule has 0 radical (unpaired) electrons. The van der Waals surface area contributed by atoms with Crippen molar-refractivity contribution in [1.29, 1.82) is 0 Å². The molecule has 2 aromatic heterocycles. The summed E-state index contributed by atoms with van der Waals surface area (Å²) in [5.41, 5.74) is 4.23. The molecule has 4 aromatic rings. The number of oxazole rings is 1. The van der Waals surface area contributed by atoms with Gasteiger partial charge < -0.3 is 14.1 Å². The van der Waals surface area contributed by atoms with E-state index in [1.165, 1.54) is 5.56 Å². The number of fused-ring (bicyclic) bond motifs is 1. The zero-order valence-corrected chi connectivity index (χ0v) is 13.6. The maximum absolute atomic E-state index is 10.4. The molecule has 0 atom stereocenters. The fourth-order valence-corrected chi connectivity index (χ4v) is 2.79. The summed E-state index contributed by atoms with van der Waals surface area (Å²) in [6.45, 7) is 4.29. The molecule has 0 aliphatic rings. The lowest BCUT2D eigenvalue weighted by molar-refractivity contribution is 0.474. The third-order valence-corrected chi connectivity index (χ3v) is 4.19. The van der Waals surface area contributed by atoms with Gasteiger partial charge in [-0.05, 0) is 47.9 Å². The normalized spacial score (nSPS) is 11.5. The van der Waals surface area contributed by atoms with Crippen LogP contribution in [0.2, 0.25) is 0 Å². The molecule has 0 unspecified atom stereocenters. The van der Waals surface area contributed by atoms with Crippen molar-refractivity contribution in [2.24, 2.45) is 0 Å². The molecule has 1 N–H and O–H groups in total. The Kier molecular flexibility index (Phi) is 3.38. The SMILES string of the molecule is CC(C)c1ccc2oc(-c3ccc(-n4cccc4)cc3O)nc2c1. The topological polar surface area (TPSA) is 51.2 Å². The van der Waals surface area contributed by atoms with Gasteiger partial charge in [-0.1, -0.05) is 19.9 Å². The summed E-state index contributed by atoms with van der Waals surface area (Å²) in [5.74, 6) is 1.02. The molecule has 24 heavy (non-hydrogen) atoms. The van der Waals surface area contributed by atoms with Gasteiger partial charge in [0.2, 0.25) is 5.89 Å². The molecule has 0 bridgehead atoms. The molecule has 0 aliphatic heterocycles. The van der Waals surface area contributed by atoms with Crippen molar-refractivity contribution in [2.75, 3.05) is 0 Å². The Hall–Kier alpha value is -3.01. The fourth-order valence-electron chi connectivity index (χ4n) is 2.79. The molecule has 4 nitrogen and oxygen atoms in total. The Bertz CT molecular complexity index is 998. The number of rotatable bonds is 3. The van der Waals surface area contributed by atoms with Gasteiger partial charge in [-0.25, -0.2) is 4.98 Å². The van der Waals surface area contributed by atoms with Crippen molar-refractivity contribution in [2.45, 2.75) is 19.8 Å². The van der Waals surface area contributed by atoms with Crippen LogP contribution in [-0.4, -0.2) is 14.7 Å². The molecule has 0 aliphatic carbocycles. The zero-order valence-electron chi connectivity index (χ0n) is 13.6. The van der Waals surface area contributed by atoms with E-state index >= 15 is 0 Å². The van der Waals surface area contributed by atoms with E-state index < -0.39 is 0 Å². The molecular weight excluding hydrogens is 300 g/mol. The van der Waals surface area contributed by atoms with Crippen molar-refractivity contribution in [3.05, 3.63) is 66.5 Å². The predicted molar refractivity (Wildman–Crippen MR) is 94.5 cm³/mol. The van der Waals surface area contributed by atoms with E-state index in [4.69, 9.17) is 4.42 Å². The summed E-state index contributed by atoms with van der Waals surface area (Å²) < 4.78 is 7.76. The second-order valence-corrected chi connectivity index (χ2v) is 6.19. The summed E-state index contributed by atoms with van der Waals surface area (Å²) in [4.78, 5) is 4.55. The van der Waals surface area contributed by atoms with E-state index in [1.807, 2.05) is 53.4 Å². The Morgan fingerprint density at radius 2 is 1.83 bits per heavy atom. The first-order valence-electron chi connectivity index (χ1n) is 7.99. The van der Waals surface area contributed by atoms with Crippen LogP contribution >= 0.6 is 0 Å². The van der Waals surface area contributed by atoms with Crippen LogP contribution < -0.4 is 0 Å². The Morgan fingerprint density at radius 3 is 2.54 bits per heavy atom. The highest BCUT2D eigenvalue weighted by atomic mass is 16.3. The second kappa shape index (κ2) is 5.57. The van der Waals surface area contributed by atoms with Gasteiger partial charge in [-0.15, -0.1) is 0 Å². The minimum absolute atomic E-state index is 0.150. The first-order valence-corrected chi connectivity index (χ1v) is 7.99. The van der Waals surface area contributed by atoms with Gasteiger partial charge in [0.1, 0.15) is 11.3 Å². The molecule has 2 heterocycles. The Labute approximate surface area is 140 Å². The van der Waals surface area contributed by atoms with Crippen molar-refractivity contribution in [1.82, 2.24) is 9.55 Å². The minimum Gasteiger partial charge on any atom is -0.507 e. The number of hydrogen-bond donors (Lipinski definition) is 1. The van der Waals surface area contributed by atoms with E-state index in [0.717, 1.165) is 16.8 Å². The van der Waals surface area contributed by atoms with Crippen LogP contribution in [0.1, 0.15) is 25.3 Å². The lowest BCUT2D eigenvalue weighted by atomic mass is 10.0. The van der Waals surface area contributed by atoms with E-state index in [1.54, 1.807) is 6.07 Å². The number of aromatic hydroxyl groups is 1. The van der Waals surface area contributed by atoms with Gasteiger partial charge in [0.25, 0.3) is 0 Å². The maximum Gasteiger partial charge on any atom is 0.231 e. The number of hydrogen-bond acceptors (Lipinski definition) is 3. The van der Waals surface area contributed by atoms with Gasteiger partial charge in [0.15, 0.2) is 5.58 Å². The highest BCUT2D eigenvalue weighted by molar-refractivity contribution is 5.78. The van der Waals surface area contributed by atoms with E-state index in [-0.39, 0.29) is 5.75 Å². The third kappa shape index (κ3) is 2.46. The number of benzene rings is 2. The number of phenolic OH excluding ortho intramolecular Hbond substituents is 1. The van der Waals surface area contributed by atoms with Gasteiger partial charge >= 0.3 is 0 Å². The summed E-state index contributed by atoms with van der Waals surface area (Å²) in [7, 11) is 0. The molecule has 0 saturated carbocycles. The molecule has 120 valence electrons. The Morgan fingerprint density at radius 1 is 1.04 bits per heavy atom. The molecule has 0 fully saturated rings. The lowest BCUT2D eigenvalue weighted by Gasteiger charge is -2.06. The standard InChI is InChI=1S/C20H18N2O2/c1-13(2)14-5-8-19-17(11-14)21-20(24-19)16-7-6-15(12-18(16)23)22-9-3-4-10-22/h3-13,23H,1-2H3. The van der Waals surface area contributed by atoms with Crippen LogP contribution in [0.4, 0.5) is 0 Å². The van der Waals surface area contributed by atoms with Gasteiger partial charge in [-0.3, -0.25) is 0 Å². The van der Waals surface area contributed by atoms with Crippen molar-refractivity contribution in [3.63, 3.8) is 0 Å². The number of nitrogens with zero attached hydrogens (tertiary/aromatic N) is 2. The predicted octanol–water partition coefficient (Wildman–Crippen LogP) is 5.11. The van der Waals surface area contributed by atoms with Crippen LogP contribution in [0.3, 0.4) is 0 Å². The van der Waals surface area contributed by atoms with Crippen molar-refractivity contribution >= 4 is 11.1 Å². The van der Waals surface area contributed by atoms with E-state index in [2.05, 4.69) is 24.9 Å². The summed E-state index contributed by atoms with van der Waals surface area (Å²) in [6, 6.07) is 15.4. The smallest absolute Gasteiger partial charge is 0.231 e. The van der Waals surface area contributed by atoms with Gasteiger partial charge in [0, 0.05) is 24.1 Å². The second-order valence-electron chi connectivity index (χ2n) is 6.19. The molecule has 0 spiro atoms. The monoisotopic (exact) mass is 318 g/mol. The summed E-state index contributed by atoms with van der Waals surface area (Å²) in [5, 5.41) is 10.4. The lowest BCUT2D eigenvalue weighted by Crippen LogP contribution is -1.90. The van der Waals surface area contributed by atoms with E-state index in [9.17, 15) is 5.11 Å². The number of phenols is 1. The van der Waals surface area contributed by atoms with E-state index in [0.29, 0.717) is 17.4 Å². The quantitative estimate of drug-likeness (QED) is 0.571. The van der Waals surface area contributed by atoms with Crippen LogP contribution in [0, 0.1) is 0 Å². The largest absolute Gasteiger partial charge is 0.507 e. The van der Waals surface area contributed by atoms with Crippen LogP contribution in [-0.2, 0) is 0 Å². The molecular formula is C20H18N2O2. The number of aromatic nitrogens is 2. The van der Waals surface area contributed by atoms with Crippen LogP contribution in [0.15, 0.2) is 65.3 Å². The summed E-state index contributed by atoms with van der Waals surface area (Å²) in [6.07, 6.45) is 3.86. The van der Waals surface area contributed by atoms with Gasteiger partial charge in [0.05, 0.1) is 5.56 Å². The molecule has 2 aromatic carbocycles. The average Bonchev–Trinajstić information content (AvgIpc) is 3.23. The highest BCUT2D eigenvalue weighted by Gasteiger charge is 2.14.